The molecule has 94 valence electrons. The van der Waals surface area contributed by atoms with Crippen molar-refractivity contribution in [3.63, 3.8) is 0 Å². The van der Waals surface area contributed by atoms with Crippen molar-refractivity contribution in [1.29, 1.82) is 0 Å². The number of carboxylic acids is 1. The molecule has 5 heteroatoms. The number of aliphatic hydroxyl groups is 1. The van der Waals surface area contributed by atoms with E-state index in [1.807, 2.05) is 0 Å². The topological polar surface area (TPSA) is 66.8 Å². The predicted molar refractivity (Wildman–Crippen MR) is 59.8 cm³/mol. The summed E-state index contributed by atoms with van der Waals surface area (Å²) in [6.07, 6.45) is 2.16. The van der Waals surface area contributed by atoms with Gasteiger partial charge in [-0.05, 0) is 31.4 Å². The second-order valence-corrected chi connectivity index (χ2v) is 3.58. The van der Waals surface area contributed by atoms with Crippen molar-refractivity contribution in [2.75, 3.05) is 13.2 Å². The number of hydrogen-bond acceptors (Lipinski definition) is 3. The van der Waals surface area contributed by atoms with E-state index in [2.05, 4.69) is 0 Å². The van der Waals surface area contributed by atoms with Gasteiger partial charge in [-0.1, -0.05) is 0 Å². The van der Waals surface area contributed by atoms with Crippen LogP contribution in [0.4, 0.5) is 4.39 Å². The van der Waals surface area contributed by atoms with Crippen molar-refractivity contribution in [1.82, 2.24) is 0 Å². The molecule has 2 N–H and O–H groups in total. The number of ether oxygens (including phenoxy) is 1. The summed E-state index contributed by atoms with van der Waals surface area (Å²) in [6, 6.07) is 3.33. The van der Waals surface area contributed by atoms with Crippen LogP contribution in [0.1, 0.15) is 29.6 Å². The van der Waals surface area contributed by atoms with Gasteiger partial charge < -0.3 is 14.9 Å². The van der Waals surface area contributed by atoms with Crippen molar-refractivity contribution in [2.45, 2.75) is 19.3 Å². The first-order valence-electron chi connectivity index (χ1n) is 5.41. The van der Waals surface area contributed by atoms with Gasteiger partial charge in [-0.15, -0.1) is 0 Å². The van der Waals surface area contributed by atoms with E-state index < -0.39 is 11.8 Å². The molecule has 0 saturated heterocycles. The highest BCUT2D eigenvalue weighted by Crippen LogP contribution is 2.20. The highest BCUT2D eigenvalue weighted by Gasteiger charge is 2.11. The predicted octanol–water partition coefficient (Wildman–Crippen LogP) is 2.07. The van der Waals surface area contributed by atoms with Crippen molar-refractivity contribution >= 4 is 5.97 Å². The summed E-state index contributed by atoms with van der Waals surface area (Å²) in [5.41, 5.74) is -0.0476. The van der Waals surface area contributed by atoms with E-state index in [1.54, 1.807) is 0 Å². The van der Waals surface area contributed by atoms with E-state index in [4.69, 9.17) is 14.9 Å². The molecule has 0 aromatic heterocycles. The van der Waals surface area contributed by atoms with E-state index in [0.717, 1.165) is 18.6 Å². The molecule has 0 radical (unpaired) electrons. The Balaban J connectivity index is 2.56. The number of carboxylic acid groups (broad SMARTS) is 1. The maximum atomic E-state index is 12.9. The maximum absolute atomic E-state index is 12.9. The Morgan fingerprint density at radius 2 is 2.06 bits per heavy atom. The van der Waals surface area contributed by atoms with Crippen LogP contribution in [-0.2, 0) is 0 Å². The first-order valence-corrected chi connectivity index (χ1v) is 5.41. The zero-order valence-corrected chi connectivity index (χ0v) is 9.36. The molecule has 0 bridgehead atoms. The Labute approximate surface area is 98.7 Å². The number of unbranched alkanes of at least 4 members (excludes halogenated alkanes) is 2. The quantitative estimate of drug-likeness (QED) is 0.718. The molecule has 0 amide bonds. The Morgan fingerprint density at radius 1 is 1.29 bits per heavy atom. The van der Waals surface area contributed by atoms with Gasteiger partial charge >= 0.3 is 5.97 Å². The Morgan fingerprint density at radius 3 is 2.71 bits per heavy atom. The van der Waals surface area contributed by atoms with Crippen LogP contribution in [0.3, 0.4) is 0 Å². The minimum Gasteiger partial charge on any atom is -0.493 e. The maximum Gasteiger partial charge on any atom is 0.339 e. The molecule has 0 saturated carbocycles. The normalized spacial score (nSPS) is 10.2. The zero-order valence-electron chi connectivity index (χ0n) is 9.36. The van der Waals surface area contributed by atoms with E-state index in [1.165, 1.54) is 6.07 Å². The molecule has 0 atom stereocenters. The Kier molecular flexibility index (Phi) is 5.42. The molecule has 0 spiro atoms. The summed E-state index contributed by atoms with van der Waals surface area (Å²) in [6.45, 7) is 0.435. The minimum atomic E-state index is -1.14. The van der Waals surface area contributed by atoms with Gasteiger partial charge in [-0.3, -0.25) is 0 Å². The van der Waals surface area contributed by atoms with Crippen molar-refractivity contribution in [3.05, 3.63) is 29.6 Å². The molecule has 0 aliphatic rings. The van der Waals surface area contributed by atoms with E-state index in [9.17, 15) is 9.18 Å². The zero-order chi connectivity index (χ0) is 12.7. The third kappa shape index (κ3) is 4.40. The second kappa shape index (κ2) is 6.85. The summed E-state index contributed by atoms with van der Waals surface area (Å²) in [5.74, 6) is -1.63. The van der Waals surface area contributed by atoms with Gasteiger partial charge in [0.1, 0.15) is 17.1 Å². The monoisotopic (exact) mass is 242 g/mol. The standard InChI is InChI=1S/C12H15FO4/c13-9-4-5-10(12(15)16)11(8-9)17-7-3-1-2-6-14/h4-5,8,14H,1-3,6-7H2,(H,15,16). The number of aromatic carboxylic acids is 1. The third-order valence-corrected chi connectivity index (χ3v) is 2.23. The molecule has 0 unspecified atom stereocenters. The highest BCUT2D eigenvalue weighted by atomic mass is 19.1. The molecule has 1 rings (SSSR count). The van der Waals surface area contributed by atoms with Gasteiger partial charge in [-0.25, -0.2) is 9.18 Å². The fourth-order valence-electron chi connectivity index (χ4n) is 1.37. The van der Waals surface area contributed by atoms with Gasteiger partial charge in [0.25, 0.3) is 0 Å². The summed E-state index contributed by atoms with van der Waals surface area (Å²) in [4.78, 5) is 10.8. The van der Waals surface area contributed by atoms with Crippen LogP contribution in [0, 0.1) is 5.82 Å². The van der Waals surface area contributed by atoms with Crippen molar-refractivity contribution in [2.24, 2.45) is 0 Å². The molecular formula is C12H15FO4. The van der Waals surface area contributed by atoms with Crippen LogP contribution in [-0.4, -0.2) is 29.4 Å². The summed E-state index contributed by atoms with van der Waals surface area (Å²) < 4.78 is 18.2. The second-order valence-electron chi connectivity index (χ2n) is 3.58. The van der Waals surface area contributed by atoms with Crippen LogP contribution in [0.15, 0.2) is 18.2 Å². The molecule has 17 heavy (non-hydrogen) atoms. The average molecular weight is 242 g/mol. The molecule has 0 fully saturated rings. The van der Waals surface area contributed by atoms with E-state index in [-0.39, 0.29) is 17.9 Å². The summed E-state index contributed by atoms with van der Waals surface area (Å²) >= 11 is 0. The van der Waals surface area contributed by atoms with Gasteiger partial charge in [0.2, 0.25) is 0 Å². The molecule has 1 aromatic rings. The number of hydrogen-bond donors (Lipinski definition) is 2. The van der Waals surface area contributed by atoms with Crippen LogP contribution in [0.5, 0.6) is 5.75 Å². The van der Waals surface area contributed by atoms with Crippen LogP contribution in [0.25, 0.3) is 0 Å². The Bertz CT molecular complexity index is 379. The summed E-state index contributed by atoms with van der Waals surface area (Å²) in [5, 5.41) is 17.4. The van der Waals surface area contributed by atoms with Gasteiger partial charge in [0.15, 0.2) is 0 Å². The largest absolute Gasteiger partial charge is 0.493 e. The van der Waals surface area contributed by atoms with Crippen molar-refractivity contribution in [3.8, 4) is 5.75 Å². The minimum absolute atomic E-state index is 0.0431. The lowest BCUT2D eigenvalue weighted by atomic mass is 10.2. The SMILES string of the molecule is O=C(O)c1ccc(F)cc1OCCCCCO. The lowest BCUT2D eigenvalue weighted by Gasteiger charge is -2.08. The number of benzene rings is 1. The Hall–Kier alpha value is -1.62. The first kappa shape index (κ1) is 13.4. The summed E-state index contributed by atoms with van der Waals surface area (Å²) in [7, 11) is 0. The van der Waals surface area contributed by atoms with Gasteiger partial charge in [0.05, 0.1) is 6.61 Å². The molecule has 0 aliphatic heterocycles. The number of halogens is 1. The van der Waals surface area contributed by atoms with E-state index in [0.29, 0.717) is 19.4 Å². The molecule has 0 aliphatic carbocycles. The van der Waals surface area contributed by atoms with Gasteiger partial charge in [-0.2, -0.15) is 0 Å². The van der Waals surface area contributed by atoms with Gasteiger partial charge in [0, 0.05) is 12.7 Å². The van der Waals surface area contributed by atoms with Crippen LogP contribution < -0.4 is 4.74 Å². The van der Waals surface area contributed by atoms with Crippen LogP contribution >= 0.6 is 0 Å². The van der Waals surface area contributed by atoms with Crippen molar-refractivity contribution < 1.29 is 24.1 Å². The molecular weight excluding hydrogens is 227 g/mol. The highest BCUT2D eigenvalue weighted by molar-refractivity contribution is 5.90. The molecule has 1 aromatic carbocycles. The van der Waals surface area contributed by atoms with Crippen LogP contribution in [0.2, 0.25) is 0 Å². The number of carbonyl (C=O) groups is 1. The number of rotatable bonds is 7. The lowest BCUT2D eigenvalue weighted by molar-refractivity contribution is 0.0692. The molecule has 0 heterocycles. The van der Waals surface area contributed by atoms with E-state index >= 15 is 0 Å². The fraction of sp³-hybridized carbons (Fsp3) is 0.417. The lowest BCUT2D eigenvalue weighted by Crippen LogP contribution is -2.05. The molecule has 4 nitrogen and oxygen atoms in total. The third-order valence-electron chi connectivity index (χ3n) is 2.23. The number of aliphatic hydroxyl groups excluding tert-OH is 1. The fourth-order valence-corrected chi connectivity index (χ4v) is 1.37. The average Bonchev–Trinajstić information content (AvgIpc) is 2.28. The smallest absolute Gasteiger partial charge is 0.339 e. The first-order chi connectivity index (χ1) is 8.15.